The Morgan fingerprint density at radius 1 is 0.979 bits per heavy atom. The second kappa shape index (κ2) is 12.9. The summed E-state index contributed by atoms with van der Waals surface area (Å²) >= 11 is 6.47. The van der Waals surface area contributed by atoms with Crippen molar-refractivity contribution in [3.8, 4) is 0 Å². The molecule has 1 fully saturated rings. The molecular weight excluding hydrogens is 614 g/mol. The van der Waals surface area contributed by atoms with Gasteiger partial charge in [0.2, 0.25) is 0 Å². The molecule has 0 aliphatic carbocycles. The molecule has 7 rings (SSSR count). The van der Waals surface area contributed by atoms with Crippen molar-refractivity contribution in [2.75, 3.05) is 50.2 Å². The molecule has 3 amide bonds. The topological polar surface area (TPSA) is 101 Å². The molecule has 4 heterocycles. The van der Waals surface area contributed by atoms with E-state index in [0.717, 1.165) is 59.9 Å². The van der Waals surface area contributed by atoms with Gasteiger partial charge >= 0.3 is 11.7 Å². The zero-order valence-electron chi connectivity index (χ0n) is 26.8. The lowest BCUT2D eigenvalue weighted by atomic mass is 9.91. The lowest BCUT2D eigenvalue weighted by Crippen LogP contribution is -2.63. The average molecular weight is 654 g/mol. The number of carbonyl (C=O) groups excluding carboxylic acids is 2. The second-order valence-electron chi connectivity index (χ2n) is 13.1. The van der Waals surface area contributed by atoms with Crippen molar-refractivity contribution in [1.29, 1.82) is 0 Å². The van der Waals surface area contributed by atoms with Crippen LogP contribution in [0.4, 0.5) is 10.5 Å². The van der Waals surface area contributed by atoms with Gasteiger partial charge in [-0.05, 0) is 93.2 Å². The largest absolute Gasteiger partial charge is 0.361 e. The van der Waals surface area contributed by atoms with Crippen molar-refractivity contribution in [3.05, 3.63) is 99.6 Å². The summed E-state index contributed by atoms with van der Waals surface area (Å²) in [5.41, 5.74) is 4.28. The number of para-hydroxylation sites is 3. The normalized spacial score (nSPS) is 17.3. The van der Waals surface area contributed by atoms with Gasteiger partial charge in [0.25, 0.3) is 5.91 Å². The number of hydrogen-bond acceptors (Lipinski definition) is 4. The number of aromatic amines is 2. The van der Waals surface area contributed by atoms with E-state index in [9.17, 15) is 9.59 Å². The van der Waals surface area contributed by atoms with Crippen LogP contribution in [0.1, 0.15) is 30.4 Å². The number of halogens is 1. The monoisotopic (exact) mass is 653 g/mol. The maximum Gasteiger partial charge on any atom is 0.345 e. The minimum absolute atomic E-state index is 0.149. The molecule has 2 aliphatic rings. The Kier molecular flexibility index (Phi) is 8.55. The van der Waals surface area contributed by atoms with Crippen LogP contribution in [0.5, 0.6) is 0 Å². The molecule has 3 aromatic carbocycles. The Hall–Kier alpha value is -4.54. The smallest absolute Gasteiger partial charge is 0.345 e. The highest BCUT2D eigenvalue weighted by molar-refractivity contribution is 6.30. The van der Waals surface area contributed by atoms with E-state index in [1.807, 2.05) is 91.9 Å². The quantitative estimate of drug-likeness (QED) is 0.246. The van der Waals surface area contributed by atoms with E-state index >= 15 is 4.79 Å². The molecule has 2 atom stereocenters. The van der Waals surface area contributed by atoms with Crippen LogP contribution in [0, 0.1) is 5.92 Å². The van der Waals surface area contributed by atoms with Crippen LogP contribution in [-0.2, 0) is 17.6 Å². The van der Waals surface area contributed by atoms with Crippen molar-refractivity contribution in [2.24, 2.45) is 5.92 Å². The number of urea groups is 1. The zero-order chi connectivity index (χ0) is 32.7. The number of imidazole rings is 1. The molecule has 0 saturated carbocycles. The van der Waals surface area contributed by atoms with Crippen molar-refractivity contribution >= 4 is 51.2 Å². The van der Waals surface area contributed by atoms with Crippen LogP contribution in [0.2, 0.25) is 5.02 Å². The van der Waals surface area contributed by atoms with Crippen molar-refractivity contribution in [3.63, 3.8) is 0 Å². The number of hydrogen-bond donors (Lipinski definition) is 2. The van der Waals surface area contributed by atoms with Crippen LogP contribution in [0.15, 0.2) is 77.7 Å². The van der Waals surface area contributed by atoms with Crippen LogP contribution in [-0.4, -0.2) is 82.7 Å². The molecule has 0 spiro atoms. The fraction of sp³-hybridized carbons (Fsp3) is 0.361. The number of nitrogens with one attached hydrogen (secondary N) is 2. The molecule has 10 nitrogen and oxygen atoms in total. The van der Waals surface area contributed by atoms with Gasteiger partial charge in [0, 0.05) is 60.4 Å². The van der Waals surface area contributed by atoms with E-state index in [0.29, 0.717) is 35.7 Å². The summed E-state index contributed by atoms with van der Waals surface area (Å²) in [5.74, 6) is -0.0967. The van der Waals surface area contributed by atoms with E-state index < -0.39 is 11.7 Å². The highest BCUT2D eigenvalue weighted by atomic mass is 35.5. The lowest BCUT2D eigenvalue weighted by Gasteiger charge is -2.41. The number of aromatic nitrogens is 3. The lowest BCUT2D eigenvalue weighted by molar-refractivity contribution is -0.120. The Morgan fingerprint density at radius 3 is 2.51 bits per heavy atom. The first-order chi connectivity index (χ1) is 22.8. The van der Waals surface area contributed by atoms with Crippen LogP contribution >= 0.6 is 11.6 Å². The predicted molar refractivity (Wildman–Crippen MR) is 187 cm³/mol. The first-order valence-corrected chi connectivity index (χ1v) is 16.7. The van der Waals surface area contributed by atoms with E-state index in [2.05, 4.69) is 14.9 Å². The molecule has 11 heteroatoms. The third kappa shape index (κ3) is 6.03. The third-order valence-electron chi connectivity index (χ3n) is 9.44. The highest BCUT2D eigenvalue weighted by Crippen LogP contribution is 2.34. The number of piperidine rings is 1. The zero-order valence-corrected chi connectivity index (χ0v) is 27.5. The van der Waals surface area contributed by atoms with Crippen LogP contribution < -0.4 is 15.6 Å². The van der Waals surface area contributed by atoms with Gasteiger partial charge in [-0.15, -0.1) is 0 Å². The molecule has 2 N–H and O–H groups in total. The summed E-state index contributed by atoms with van der Waals surface area (Å²) in [6, 6.07) is 19.5. The standard InChI is InChI=1S/C36H40ClN7O3/c1-40(2)22-24-18-25-19-27(37)14-15-31(25)42(23-24)34(45)33(20-26-21-38-29-11-5-4-10-28(26)29)44(36(47)41-16-8-3-9-17-41)43-32-13-7-6-12-30(32)39-35(43)46/h4-7,10-15,19,21,24,33,38H,3,8-9,16-18,20,22-23H2,1-2H3,(H,39,46)/t24-,33?/m0/s1. The number of carbonyl (C=O) groups is 2. The first kappa shape index (κ1) is 31.1. The van der Waals surface area contributed by atoms with Gasteiger partial charge in [0.15, 0.2) is 0 Å². The predicted octanol–water partition coefficient (Wildman–Crippen LogP) is 5.39. The molecular formula is C36H40ClN7O3. The fourth-order valence-electron chi connectivity index (χ4n) is 7.37. The minimum atomic E-state index is -1.04. The number of benzene rings is 3. The molecule has 1 saturated heterocycles. The van der Waals surface area contributed by atoms with Gasteiger partial charge in [-0.3, -0.25) is 4.79 Å². The highest BCUT2D eigenvalue weighted by Gasteiger charge is 2.41. The summed E-state index contributed by atoms with van der Waals surface area (Å²) in [6.07, 6.45) is 5.67. The maximum absolute atomic E-state index is 15.3. The van der Waals surface area contributed by atoms with Gasteiger partial charge in [-0.1, -0.05) is 41.9 Å². The molecule has 244 valence electrons. The van der Waals surface area contributed by atoms with Crippen LogP contribution in [0.25, 0.3) is 21.9 Å². The van der Waals surface area contributed by atoms with Crippen molar-refractivity contribution < 1.29 is 9.59 Å². The summed E-state index contributed by atoms with van der Waals surface area (Å²) in [4.78, 5) is 56.0. The van der Waals surface area contributed by atoms with E-state index in [1.54, 1.807) is 4.90 Å². The summed E-state index contributed by atoms with van der Waals surface area (Å²) in [7, 11) is 4.06. The van der Waals surface area contributed by atoms with Crippen molar-refractivity contribution in [1.82, 2.24) is 24.4 Å². The Balaban J connectivity index is 1.41. The van der Waals surface area contributed by atoms with E-state index in [1.165, 1.54) is 9.69 Å². The van der Waals surface area contributed by atoms with Crippen molar-refractivity contribution in [2.45, 2.75) is 38.1 Å². The number of nitrogens with zero attached hydrogens (tertiary/aromatic N) is 5. The number of likely N-dealkylation sites (tertiary alicyclic amines) is 1. The maximum atomic E-state index is 15.3. The number of fused-ring (bicyclic) bond motifs is 3. The van der Waals surface area contributed by atoms with Crippen LogP contribution in [0.3, 0.4) is 0 Å². The summed E-state index contributed by atoms with van der Waals surface area (Å²) in [6.45, 7) is 2.39. The Morgan fingerprint density at radius 2 is 1.72 bits per heavy atom. The fourth-order valence-corrected chi connectivity index (χ4v) is 7.57. The van der Waals surface area contributed by atoms with Gasteiger partial charge in [0.05, 0.1) is 11.0 Å². The van der Waals surface area contributed by atoms with Gasteiger partial charge < -0.3 is 24.7 Å². The molecule has 47 heavy (non-hydrogen) atoms. The molecule has 5 aromatic rings. The molecule has 0 radical (unpaired) electrons. The number of rotatable bonds is 7. The SMILES string of the molecule is CN(C)C[C@@H]1Cc2cc(Cl)ccc2N(C(=O)C(Cc2c[nH]c3ccccc23)N(C(=O)N2CCCCC2)n2c(=O)[nH]c3ccccc32)C1. The Bertz CT molecular complexity index is 1990. The first-order valence-electron chi connectivity index (χ1n) is 16.4. The summed E-state index contributed by atoms with van der Waals surface area (Å²) < 4.78 is 1.38. The molecule has 2 aliphatic heterocycles. The second-order valence-corrected chi connectivity index (χ2v) is 13.5. The molecule has 2 aromatic heterocycles. The van der Waals surface area contributed by atoms with E-state index in [4.69, 9.17) is 11.6 Å². The molecule has 0 bridgehead atoms. The van der Waals surface area contributed by atoms with E-state index in [-0.39, 0.29) is 24.3 Å². The third-order valence-corrected chi connectivity index (χ3v) is 9.68. The van der Waals surface area contributed by atoms with Gasteiger partial charge in [0.1, 0.15) is 6.04 Å². The Labute approximate surface area is 278 Å². The number of anilines is 1. The van der Waals surface area contributed by atoms with Gasteiger partial charge in [-0.25, -0.2) is 14.6 Å². The van der Waals surface area contributed by atoms with Gasteiger partial charge in [-0.2, -0.15) is 4.68 Å². The molecule has 1 unspecified atom stereocenters. The average Bonchev–Trinajstić information content (AvgIpc) is 3.63. The minimum Gasteiger partial charge on any atom is -0.361 e. The summed E-state index contributed by atoms with van der Waals surface area (Å²) in [5, 5.41) is 3.02. The number of amides is 3. The number of H-pyrrole nitrogens is 2.